The van der Waals surface area contributed by atoms with Gasteiger partial charge in [-0.1, -0.05) is 13.8 Å². The van der Waals surface area contributed by atoms with E-state index in [2.05, 4.69) is 43.2 Å². The van der Waals surface area contributed by atoms with Crippen LogP contribution in [0.5, 0.6) is 0 Å². The van der Waals surface area contributed by atoms with Gasteiger partial charge in [0.05, 0.1) is 0 Å². The molecule has 0 radical (unpaired) electrons. The van der Waals surface area contributed by atoms with E-state index in [-0.39, 0.29) is 17.7 Å². The number of hydrogen-bond acceptors (Lipinski definition) is 3. The molecule has 5 nitrogen and oxygen atoms in total. The Morgan fingerprint density at radius 1 is 1.00 bits per heavy atom. The number of rotatable bonds is 8. The van der Waals surface area contributed by atoms with E-state index in [1.807, 2.05) is 13.8 Å². The fourth-order valence-electron chi connectivity index (χ4n) is 2.28. The topological polar surface area (TPSA) is 61.4 Å². The van der Waals surface area contributed by atoms with E-state index >= 15 is 0 Å². The Morgan fingerprint density at radius 2 is 1.50 bits per heavy atom. The third-order valence-electron chi connectivity index (χ3n) is 3.30. The summed E-state index contributed by atoms with van der Waals surface area (Å²) in [6, 6.07) is 0.435. The van der Waals surface area contributed by atoms with Crippen LogP contribution in [0.25, 0.3) is 0 Å². The Balaban J connectivity index is 4.34. The predicted octanol–water partition coefficient (Wildman–Crippen LogP) is 1.38. The van der Waals surface area contributed by atoms with E-state index in [0.717, 1.165) is 6.54 Å². The second-order valence-corrected chi connectivity index (χ2v) is 6.14. The summed E-state index contributed by atoms with van der Waals surface area (Å²) >= 11 is 0. The quantitative estimate of drug-likeness (QED) is 0.708. The summed E-state index contributed by atoms with van der Waals surface area (Å²) in [5.74, 6) is -0.210. The van der Waals surface area contributed by atoms with Gasteiger partial charge in [0, 0.05) is 32.1 Å². The van der Waals surface area contributed by atoms with Crippen LogP contribution in [0, 0.1) is 5.92 Å². The van der Waals surface area contributed by atoms with Gasteiger partial charge in [0.1, 0.15) is 6.04 Å². The monoisotopic (exact) mass is 285 g/mol. The van der Waals surface area contributed by atoms with Gasteiger partial charge in [-0.15, -0.1) is 0 Å². The molecule has 1 unspecified atom stereocenters. The highest BCUT2D eigenvalue weighted by Gasteiger charge is 2.23. The normalized spacial score (nSPS) is 13.2. The minimum atomic E-state index is -0.459. The number of hydrogen-bond donors (Lipinski definition) is 2. The maximum atomic E-state index is 12.1. The Hall–Kier alpha value is -1.10. The van der Waals surface area contributed by atoms with Gasteiger partial charge in [0.15, 0.2) is 0 Å². The lowest BCUT2D eigenvalue weighted by Gasteiger charge is -2.31. The smallest absolute Gasteiger partial charge is 0.242 e. The fraction of sp³-hybridized carbons (Fsp3) is 0.867. The van der Waals surface area contributed by atoms with Crippen molar-refractivity contribution in [3.8, 4) is 0 Å². The Labute approximate surface area is 123 Å². The first-order chi connectivity index (χ1) is 9.16. The summed E-state index contributed by atoms with van der Waals surface area (Å²) in [6.07, 6.45) is 0. The van der Waals surface area contributed by atoms with Crippen LogP contribution in [0.3, 0.4) is 0 Å². The number of nitrogens with one attached hydrogen (secondary N) is 2. The van der Waals surface area contributed by atoms with E-state index in [0.29, 0.717) is 18.6 Å². The lowest BCUT2D eigenvalue weighted by Crippen LogP contribution is -2.51. The molecule has 0 aliphatic heterocycles. The maximum absolute atomic E-state index is 12.1. The second-order valence-electron chi connectivity index (χ2n) is 6.14. The van der Waals surface area contributed by atoms with Crippen molar-refractivity contribution < 1.29 is 9.59 Å². The van der Waals surface area contributed by atoms with Crippen LogP contribution in [0.15, 0.2) is 0 Å². The molecule has 0 aliphatic rings. The van der Waals surface area contributed by atoms with E-state index < -0.39 is 6.04 Å². The lowest BCUT2D eigenvalue weighted by molar-refractivity contribution is -0.129. The van der Waals surface area contributed by atoms with Crippen molar-refractivity contribution in [2.24, 2.45) is 5.92 Å². The van der Waals surface area contributed by atoms with Crippen molar-refractivity contribution in [1.82, 2.24) is 15.5 Å². The molecule has 0 heterocycles. The van der Waals surface area contributed by atoms with E-state index in [1.54, 1.807) is 0 Å². The first kappa shape index (κ1) is 18.9. The average Bonchev–Trinajstić information content (AvgIpc) is 2.29. The lowest BCUT2D eigenvalue weighted by atomic mass is 10.0. The highest BCUT2D eigenvalue weighted by Crippen LogP contribution is 2.04. The molecule has 2 amide bonds. The fourth-order valence-corrected chi connectivity index (χ4v) is 2.28. The van der Waals surface area contributed by atoms with Gasteiger partial charge >= 0.3 is 0 Å². The molecule has 118 valence electrons. The van der Waals surface area contributed by atoms with Crippen molar-refractivity contribution in [2.45, 2.75) is 66.6 Å². The molecule has 0 aromatic rings. The van der Waals surface area contributed by atoms with Gasteiger partial charge in [0.2, 0.25) is 11.8 Å². The largest absolute Gasteiger partial charge is 0.353 e. The van der Waals surface area contributed by atoms with Gasteiger partial charge in [-0.3, -0.25) is 14.5 Å². The van der Waals surface area contributed by atoms with Gasteiger partial charge < -0.3 is 10.6 Å². The molecule has 5 heteroatoms. The first-order valence-corrected chi connectivity index (χ1v) is 7.47. The molecule has 0 saturated carbocycles. The van der Waals surface area contributed by atoms with Gasteiger partial charge in [-0.25, -0.2) is 0 Å². The Bertz CT molecular complexity index is 306. The van der Waals surface area contributed by atoms with Gasteiger partial charge in [-0.2, -0.15) is 0 Å². The van der Waals surface area contributed by atoms with Gasteiger partial charge in [0.25, 0.3) is 0 Å². The predicted molar refractivity (Wildman–Crippen MR) is 82.4 cm³/mol. The highest BCUT2D eigenvalue weighted by molar-refractivity contribution is 5.86. The van der Waals surface area contributed by atoms with E-state index in [4.69, 9.17) is 0 Å². The van der Waals surface area contributed by atoms with Crippen LogP contribution in [-0.2, 0) is 9.59 Å². The van der Waals surface area contributed by atoms with Crippen LogP contribution in [0.4, 0.5) is 0 Å². The van der Waals surface area contributed by atoms with Gasteiger partial charge in [-0.05, 0) is 33.6 Å². The van der Waals surface area contributed by atoms with E-state index in [9.17, 15) is 9.59 Å². The molecule has 0 saturated heterocycles. The molecule has 0 aromatic heterocycles. The van der Waals surface area contributed by atoms with Crippen molar-refractivity contribution in [1.29, 1.82) is 0 Å². The van der Waals surface area contributed by atoms with Crippen LogP contribution >= 0.6 is 0 Å². The zero-order chi connectivity index (χ0) is 15.9. The molecule has 0 spiro atoms. The molecule has 0 bridgehead atoms. The van der Waals surface area contributed by atoms with Crippen LogP contribution in [-0.4, -0.2) is 47.9 Å². The average molecular weight is 285 g/mol. The van der Waals surface area contributed by atoms with Crippen molar-refractivity contribution in [2.75, 3.05) is 13.1 Å². The third kappa shape index (κ3) is 6.89. The molecule has 0 aromatic carbocycles. The number of amides is 2. The van der Waals surface area contributed by atoms with Crippen molar-refractivity contribution in [3.05, 3.63) is 0 Å². The molecular formula is C15H31N3O2. The maximum Gasteiger partial charge on any atom is 0.242 e. The summed E-state index contributed by atoms with van der Waals surface area (Å²) in [5, 5.41) is 5.61. The molecule has 0 aliphatic carbocycles. The third-order valence-corrected chi connectivity index (χ3v) is 3.30. The minimum absolute atomic E-state index is 0.0743. The standard InChI is InChI=1S/C15H31N3O2/c1-10(2)14(17-13(7)19)15(20)16-8-9-18(11(3)4)12(5)6/h10-12,14H,8-9H2,1-7H3,(H,16,20)(H,17,19). The second kappa shape index (κ2) is 8.95. The summed E-state index contributed by atoms with van der Waals surface area (Å²) in [4.78, 5) is 25.5. The van der Waals surface area contributed by atoms with Crippen molar-refractivity contribution in [3.63, 3.8) is 0 Å². The first-order valence-electron chi connectivity index (χ1n) is 7.47. The number of nitrogens with zero attached hydrogens (tertiary/aromatic N) is 1. The summed E-state index contributed by atoms with van der Waals surface area (Å²) < 4.78 is 0. The number of carbonyl (C=O) groups is 2. The minimum Gasteiger partial charge on any atom is -0.353 e. The SMILES string of the molecule is CC(=O)NC(C(=O)NCCN(C(C)C)C(C)C)C(C)C. The molecule has 1 atom stereocenters. The van der Waals surface area contributed by atoms with Crippen molar-refractivity contribution >= 4 is 11.8 Å². The van der Waals surface area contributed by atoms with Crippen LogP contribution in [0.2, 0.25) is 0 Å². The zero-order valence-corrected chi connectivity index (χ0v) is 14.0. The number of carbonyl (C=O) groups excluding carboxylic acids is 2. The van der Waals surface area contributed by atoms with Crippen LogP contribution in [0.1, 0.15) is 48.5 Å². The Kier molecular flexibility index (Phi) is 8.46. The zero-order valence-electron chi connectivity index (χ0n) is 14.0. The molecule has 20 heavy (non-hydrogen) atoms. The highest BCUT2D eigenvalue weighted by atomic mass is 16.2. The molecular weight excluding hydrogens is 254 g/mol. The molecule has 0 rings (SSSR count). The van der Waals surface area contributed by atoms with E-state index in [1.165, 1.54) is 6.92 Å². The van der Waals surface area contributed by atoms with Crippen LogP contribution < -0.4 is 10.6 Å². The molecule has 0 fully saturated rings. The summed E-state index contributed by atoms with van der Waals surface area (Å²) in [6.45, 7) is 15.3. The summed E-state index contributed by atoms with van der Waals surface area (Å²) in [5.41, 5.74) is 0. The Morgan fingerprint density at radius 3 is 1.85 bits per heavy atom. The summed E-state index contributed by atoms with van der Waals surface area (Å²) in [7, 11) is 0. The molecule has 2 N–H and O–H groups in total.